The molecule has 17 heavy (non-hydrogen) atoms. The Labute approximate surface area is 144 Å². The molecule has 0 spiro atoms. The van der Waals surface area contributed by atoms with Crippen molar-refractivity contribution in [1.82, 2.24) is 0 Å². The van der Waals surface area contributed by atoms with Gasteiger partial charge in [-0.15, -0.1) is 0 Å². The van der Waals surface area contributed by atoms with E-state index in [1.165, 1.54) is 0 Å². The Balaban J connectivity index is -0.000000218. The second-order valence-corrected chi connectivity index (χ2v) is 4.02. The molecular weight excluding hydrogens is 345 g/mol. The topological polar surface area (TPSA) is 80.3 Å². The summed E-state index contributed by atoms with van der Waals surface area (Å²) in [6.07, 6.45) is 3.27. The van der Waals surface area contributed by atoms with Gasteiger partial charge in [-0.25, -0.2) is 0 Å². The van der Waals surface area contributed by atoms with Crippen LogP contribution in [-0.2, 0) is 9.59 Å². The first-order valence-corrected chi connectivity index (χ1v) is 5.78. The van der Waals surface area contributed by atoms with Gasteiger partial charge in [0.15, 0.2) is 0 Å². The number of carboxylic acids is 2. The Kier molecular flexibility index (Phi) is 19.4. The smallest absolute Gasteiger partial charge is 0.550 e. The molecule has 0 aliphatic rings. The maximum atomic E-state index is 9.98. The summed E-state index contributed by atoms with van der Waals surface area (Å²) in [4.78, 5) is 20.0. The molecule has 4 nitrogen and oxygen atoms in total. The molecule has 0 aliphatic heterocycles. The second-order valence-electron chi connectivity index (χ2n) is 4.02. The fraction of sp³-hybridized carbons (Fsp3) is 0.833. The van der Waals surface area contributed by atoms with E-state index in [1.807, 2.05) is 13.8 Å². The Morgan fingerprint density at radius 3 is 1.18 bits per heavy atom. The van der Waals surface area contributed by atoms with E-state index >= 15 is 0 Å². The zero-order valence-corrected chi connectivity index (χ0v) is 15.8. The maximum Gasteiger partial charge on any atom is 2.00 e. The van der Waals surface area contributed by atoms with Gasteiger partial charge in [-0.05, 0) is 24.7 Å². The number of carbonyl (C=O) groups is 2. The van der Waals surface area contributed by atoms with Crippen LogP contribution in [0.25, 0.3) is 0 Å². The van der Waals surface area contributed by atoms with E-state index in [0.717, 1.165) is 25.7 Å². The van der Waals surface area contributed by atoms with E-state index in [4.69, 9.17) is 0 Å². The largest absolute Gasteiger partial charge is 2.00 e. The summed E-state index contributed by atoms with van der Waals surface area (Å²) >= 11 is 0. The first-order chi connectivity index (χ1) is 7.36. The summed E-state index contributed by atoms with van der Waals surface area (Å²) in [5.74, 6) is -2.43. The standard InChI is InChI=1S/2C6H12O2.Ba/c2*1-3-4-5(2)6(7)8;/h2*5H,3-4H2,1-2H3,(H,7,8);/q;;+2/p-2. The quantitative estimate of drug-likeness (QED) is 0.617. The van der Waals surface area contributed by atoms with Crippen LogP contribution < -0.4 is 10.2 Å². The van der Waals surface area contributed by atoms with Crippen LogP contribution in [0.3, 0.4) is 0 Å². The summed E-state index contributed by atoms with van der Waals surface area (Å²) in [7, 11) is 0. The first kappa shape index (κ1) is 22.7. The molecule has 0 N–H and O–H groups in total. The van der Waals surface area contributed by atoms with Crippen molar-refractivity contribution in [3.8, 4) is 0 Å². The molecule has 0 rings (SSSR count). The SMILES string of the molecule is CCCC(C)C(=O)[O-].CCCC(C)C(=O)[O-].[Ba+2]. The molecule has 96 valence electrons. The monoisotopic (exact) mass is 368 g/mol. The van der Waals surface area contributed by atoms with E-state index in [1.54, 1.807) is 13.8 Å². The predicted octanol–water partition coefficient (Wildman–Crippen LogP) is -0.0358. The van der Waals surface area contributed by atoms with Gasteiger partial charge in [0.05, 0.1) is 0 Å². The van der Waals surface area contributed by atoms with Crippen LogP contribution in [-0.4, -0.2) is 60.8 Å². The normalized spacial score (nSPS) is 12.5. The maximum absolute atomic E-state index is 9.98. The minimum absolute atomic E-state index is 0. The van der Waals surface area contributed by atoms with Crippen molar-refractivity contribution in [1.29, 1.82) is 0 Å². The molecule has 0 saturated carbocycles. The molecule has 2 unspecified atom stereocenters. The van der Waals surface area contributed by atoms with E-state index in [9.17, 15) is 19.8 Å². The van der Waals surface area contributed by atoms with Crippen molar-refractivity contribution in [2.24, 2.45) is 11.8 Å². The van der Waals surface area contributed by atoms with Gasteiger partial charge in [0.1, 0.15) is 0 Å². The summed E-state index contributed by atoms with van der Waals surface area (Å²) in [6, 6.07) is 0. The van der Waals surface area contributed by atoms with Gasteiger partial charge in [0.25, 0.3) is 0 Å². The van der Waals surface area contributed by atoms with Crippen molar-refractivity contribution in [2.45, 2.75) is 53.4 Å². The molecule has 2 atom stereocenters. The van der Waals surface area contributed by atoms with E-state index in [0.29, 0.717) is 0 Å². The number of hydrogen-bond donors (Lipinski definition) is 0. The molecule has 0 aromatic carbocycles. The molecule has 5 heteroatoms. The Morgan fingerprint density at radius 2 is 1.12 bits per heavy atom. The van der Waals surface area contributed by atoms with Gasteiger partial charge in [0, 0.05) is 11.9 Å². The van der Waals surface area contributed by atoms with E-state index in [2.05, 4.69) is 0 Å². The van der Waals surface area contributed by atoms with Crippen molar-refractivity contribution < 1.29 is 19.8 Å². The number of rotatable bonds is 6. The number of carboxylic acid groups (broad SMARTS) is 2. The van der Waals surface area contributed by atoms with Crippen molar-refractivity contribution in [3.63, 3.8) is 0 Å². The van der Waals surface area contributed by atoms with E-state index in [-0.39, 0.29) is 60.7 Å². The summed E-state index contributed by atoms with van der Waals surface area (Å²) in [5, 5.41) is 20.0. The summed E-state index contributed by atoms with van der Waals surface area (Å²) in [6.45, 7) is 7.25. The molecule has 0 fully saturated rings. The third kappa shape index (κ3) is 16.5. The predicted molar refractivity (Wildman–Crippen MR) is 63.9 cm³/mol. The van der Waals surface area contributed by atoms with Crippen LogP contribution in [0.15, 0.2) is 0 Å². The van der Waals surface area contributed by atoms with Crippen molar-refractivity contribution in [3.05, 3.63) is 0 Å². The number of hydrogen-bond acceptors (Lipinski definition) is 4. The van der Waals surface area contributed by atoms with Gasteiger partial charge in [-0.1, -0.05) is 40.5 Å². The van der Waals surface area contributed by atoms with Crippen LogP contribution in [0.5, 0.6) is 0 Å². The Morgan fingerprint density at radius 1 is 0.882 bits per heavy atom. The molecule has 0 heterocycles. The van der Waals surface area contributed by atoms with E-state index < -0.39 is 11.9 Å². The second kappa shape index (κ2) is 14.6. The van der Waals surface area contributed by atoms with Crippen molar-refractivity contribution in [2.75, 3.05) is 0 Å². The minimum Gasteiger partial charge on any atom is -0.550 e. The fourth-order valence-electron chi connectivity index (χ4n) is 1.10. The average molecular weight is 368 g/mol. The molecule has 0 amide bonds. The molecule has 0 bridgehead atoms. The first-order valence-electron chi connectivity index (χ1n) is 5.78. The Bertz CT molecular complexity index is 185. The van der Waals surface area contributed by atoms with Gasteiger partial charge in [-0.3, -0.25) is 0 Å². The van der Waals surface area contributed by atoms with Gasteiger partial charge < -0.3 is 19.8 Å². The van der Waals surface area contributed by atoms with Gasteiger partial charge in [0.2, 0.25) is 0 Å². The third-order valence-electron chi connectivity index (χ3n) is 2.25. The molecular formula is C12H22BaO4. The molecule has 0 aliphatic carbocycles. The molecule has 0 saturated heterocycles. The van der Waals surface area contributed by atoms with Crippen molar-refractivity contribution >= 4 is 60.8 Å². The van der Waals surface area contributed by atoms with Crippen LogP contribution in [0.4, 0.5) is 0 Å². The fourth-order valence-corrected chi connectivity index (χ4v) is 1.10. The minimum atomic E-state index is -0.938. The molecule has 0 aromatic rings. The van der Waals surface area contributed by atoms with Crippen LogP contribution in [0.1, 0.15) is 53.4 Å². The van der Waals surface area contributed by atoms with Crippen LogP contribution in [0.2, 0.25) is 0 Å². The van der Waals surface area contributed by atoms with Gasteiger partial charge in [-0.2, -0.15) is 0 Å². The Hall–Kier alpha value is 0.511. The zero-order chi connectivity index (χ0) is 13.1. The number of carbonyl (C=O) groups excluding carboxylic acids is 2. The van der Waals surface area contributed by atoms with Crippen LogP contribution >= 0.6 is 0 Å². The zero-order valence-electron chi connectivity index (χ0n) is 11.3. The summed E-state index contributed by atoms with van der Waals surface area (Å²) in [5.41, 5.74) is 0. The molecule has 0 aromatic heterocycles. The van der Waals surface area contributed by atoms with Crippen LogP contribution in [0, 0.1) is 11.8 Å². The molecule has 0 radical (unpaired) electrons. The van der Waals surface area contributed by atoms with Gasteiger partial charge >= 0.3 is 48.9 Å². The number of aliphatic carboxylic acids is 2. The summed E-state index contributed by atoms with van der Waals surface area (Å²) < 4.78 is 0. The average Bonchev–Trinajstić information content (AvgIpc) is 2.19. The third-order valence-corrected chi connectivity index (χ3v) is 2.25.